The van der Waals surface area contributed by atoms with Crippen LogP contribution < -0.4 is 26.7 Å². The summed E-state index contributed by atoms with van der Waals surface area (Å²) in [5.41, 5.74) is 6.49. The lowest BCUT2D eigenvalue weighted by Gasteiger charge is -2.31. The van der Waals surface area contributed by atoms with Crippen LogP contribution in [-0.2, 0) is 52.7 Å². The number of carbonyl (C=O) groups is 1. The predicted molar refractivity (Wildman–Crippen MR) is 224 cm³/mol. The minimum Gasteiger partial charge on any atom is -0.339 e. The van der Waals surface area contributed by atoms with Gasteiger partial charge in [-0.15, -0.1) is 20.4 Å². The Bertz CT molecular complexity index is 2570. The molecule has 2 N–H and O–H groups in total. The second kappa shape index (κ2) is 15.8. The van der Waals surface area contributed by atoms with Crippen LogP contribution in [0.2, 0.25) is 0 Å². The quantitative estimate of drug-likeness (QED) is 0.164. The number of nitrogens with zero attached hydrogens (tertiary/aromatic N) is 10. The zero-order valence-corrected chi connectivity index (χ0v) is 35.5. The van der Waals surface area contributed by atoms with Crippen molar-refractivity contribution >= 4 is 72.1 Å². The van der Waals surface area contributed by atoms with Crippen LogP contribution in [-0.4, -0.2) is 56.5 Å². The minimum absolute atomic E-state index is 0.00128. The van der Waals surface area contributed by atoms with Crippen LogP contribution in [0.3, 0.4) is 0 Å². The molecule has 15 nitrogen and oxygen atoms in total. The molecule has 0 bridgehead atoms. The second-order valence-corrected chi connectivity index (χ2v) is 17.4. The highest BCUT2D eigenvalue weighted by Gasteiger charge is 2.37. The average Bonchev–Trinajstić information content (AvgIpc) is 3.96. The van der Waals surface area contributed by atoms with Gasteiger partial charge in [-0.2, -0.15) is 0 Å². The van der Waals surface area contributed by atoms with Crippen LogP contribution in [0.5, 0.6) is 0 Å². The van der Waals surface area contributed by atoms with Crippen molar-refractivity contribution in [3.63, 3.8) is 0 Å². The molecule has 0 aromatic carbocycles. The Morgan fingerprint density at radius 3 is 2.18 bits per heavy atom. The maximum atomic E-state index is 13.8. The molecule has 0 unspecified atom stereocenters. The minimum atomic E-state index is -0.207. The van der Waals surface area contributed by atoms with Gasteiger partial charge in [-0.05, 0) is 82.8 Å². The molecule has 1 amide bonds. The van der Waals surface area contributed by atoms with Crippen LogP contribution in [0.25, 0.3) is 11.1 Å². The first-order valence-electron chi connectivity index (χ1n) is 18.4. The molecule has 2 aliphatic rings. The molecule has 0 fully saturated rings. The lowest BCUT2D eigenvalue weighted by molar-refractivity contribution is 0.0963. The van der Waals surface area contributed by atoms with E-state index in [4.69, 9.17) is 4.98 Å². The smallest absolute Gasteiger partial charge is 0.293 e. The Hall–Kier alpha value is -5.07. The van der Waals surface area contributed by atoms with Gasteiger partial charge in [-0.3, -0.25) is 19.3 Å². The number of halogens is 1. The van der Waals surface area contributed by atoms with E-state index in [0.717, 1.165) is 64.6 Å². The third-order valence-electron chi connectivity index (χ3n) is 9.81. The number of amides is 1. The van der Waals surface area contributed by atoms with Gasteiger partial charge in [0.1, 0.15) is 31.8 Å². The average molecular weight is 860 g/mol. The van der Waals surface area contributed by atoms with Gasteiger partial charge in [0.15, 0.2) is 5.82 Å². The molecule has 56 heavy (non-hydrogen) atoms. The molecule has 6 aromatic rings. The van der Waals surface area contributed by atoms with E-state index in [2.05, 4.69) is 83.3 Å². The van der Waals surface area contributed by atoms with E-state index in [1.54, 1.807) is 31.1 Å². The summed E-state index contributed by atoms with van der Waals surface area (Å²) < 4.78 is 5.82. The maximum absolute atomic E-state index is 13.8. The molecular formula is C38H43BrN12O3S2. The number of hydrogen-bond acceptors (Lipinski definition) is 13. The largest absolute Gasteiger partial charge is 0.339 e. The highest BCUT2D eigenvalue weighted by atomic mass is 79.9. The van der Waals surface area contributed by atoms with Gasteiger partial charge in [0.25, 0.3) is 17.0 Å². The number of pyridine rings is 2. The number of carbonyl (C=O) groups excluding carboxylic acids is 1. The van der Waals surface area contributed by atoms with E-state index in [-0.39, 0.29) is 28.3 Å². The number of aromatic nitrogens is 9. The maximum Gasteiger partial charge on any atom is 0.293 e. The first-order valence-corrected chi connectivity index (χ1v) is 20.9. The van der Waals surface area contributed by atoms with E-state index in [0.29, 0.717) is 39.3 Å². The molecule has 0 atom stereocenters. The zero-order valence-electron chi connectivity index (χ0n) is 32.3. The monoisotopic (exact) mass is 858 g/mol. The molecule has 8 rings (SSSR count). The Morgan fingerprint density at radius 1 is 0.839 bits per heavy atom. The van der Waals surface area contributed by atoms with Crippen molar-refractivity contribution in [3.05, 3.63) is 94.6 Å². The van der Waals surface area contributed by atoms with E-state index in [9.17, 15) is 14.4 Å². The van der Waals surface area contributed by atoms with Crippen LogP contribution in [0.15, 0.2) is 51.0 Å². The van der Waals surface area contributed by atoms with E-state index in [1.807, 2.05) is 37.1 Å². The number of hydrogen-bond donors (Lipinski definition) is 2. The molecule has 1 aliphatic heterocycles. The molecule has 292 valence electrons. The molecule has 0 radical (unpaired) electrons. The number of anilines is 5. The standard InChI is InChI=1S/C29H33N7O2S.C9H10BrN5OS/c1-6-19-20(18-12-21(26(37)34(5)16-18)31-28-33-32-24(7-2)39-28)8-9-30-25(19)36-11-10-35-22(27(36)38)13-17-14-29(3,4)15-23(17)35;1-3-6-13-14-9(17-6)12-7-8(16)15(2)4-5(10)11-7/h8-9,12-13,16H,6-7,10-11,14-15H2,1-5H3,(H,31,33);4H,3H2,1-2H3,(H,11,12,14). The lowest BCUT2D eigenvalue weighted by Crippen LogP contribution is -2.41. The van der Waals surface area contributed by atoms with E-state index in [1.165, 1.54) is 38.5 Å². The summed E-state index contributed by atoms with van der Waals surface area (Å²) in [6.45, 7) is 12.0. The highest BCUT2D eigenvalue weighted by Crippen LogP contribution is 2.40. The number of nitrogens with one attached hydrogen (secondary N) is 2. The van der Waals surface area contributed by atoms with E-state index < -0.39 is 0 Å². The van der Waals surface area contributed by atoms with Gasteiger partial charge in [0.2, 0.25) is 10.3 Å². The van der Waals surface area contributed by atoms with Gasteiger partial charge in [0, 0.05) is 62.6 Å². The highest BCUT2D eigenvalue weighted by molar-refractivity contribution is 9.10. The van der Waals surface area contributed by atoms with Crippen LogP contribution in [0.4, 0.5) is 27.6 Å². The third kappa shape index (κ3) is 7.82. The molecule has 6 aromatic heterocycles. The van der Waals surface area contributed by atoms with Crippen molar-refractivity contribution in [3.8, 4) is 11.1 Å². The SMILES string of the molecule is CCc1nnc(Nc2cc(-c3ccnc(N4CCn5c(cc6c5CC(C)(C)C6)C4=O)c3CC)cn(C)c2=O)s1.CCc1nnc(Nc2nc(Br)cn(C)c2=O)s1. The van der Waals surface area contributed by atoms with Crippen molar-refractivity contribution in [1.29, 1.82) is 0 Å². The summed E-state index contributed by atoms with van der Waals surface area (Å²) in [6, 6.07) is 5.90. The summed E-state index contributed by atoms with van der Waals surface area (Å²) in [5, 5.41) is 25.2. The Balaban J connectivity index is 0.000000236. The number of fused-ring (bicyclic) bond motifs is 3. The molecule has 0 saturated carbocycles. The van der Waals surface area contributed by atoms with Crippen LogP contribution in [0.1, 0.15) is 71.9 Å². The first kappa shape index (κ1) is 39.2. The number of rotatable bonds is 9. The third-order valence-corrected chi connectivity index (χ3v) is 12.2. The van der Waals surface area contributed by atoms with Crippen LogP contribution in [0, 0.1) is 5.41 Å². The molecule has 1 aliphatic carbocycles. The summed E-state index contributed by atoms with van der Waals surface area (Å²) in [7, 11) is 3.41. The Labute approximate surface area is 340 Å². The predicted octanol–water partition coefficient (Wildman–Crippen LogP) is 6.45. The fourth-order valence-electron chi connectivity index (χ4n) is 7.16. The topological polar surface area (TPSA) is 171 Å². The van der Waals surface area contributed by atoms with Crippen LogP contribution >= 0.6 is 38.6 Å². The Morgan fingerprint density at radius 2 is 1.52 bits per heavy atom. The summed E-state index contributed by atoms with van der Waals surface area (Å²) in [5.74, 6) is 0.923. The zero-order chi connectivity index (χ0) is 39.9. The summed E-state index contributed by atoms with van der Waals surface area (Å²) in [6.07, 6.45) is 9.50. The molecule has 7 heterocycles. The molecule has 0 spiro atoms. The van der Waals surface area contributed by atoms with Gasteiger partial charge in [-0.1, -0.05) is 57.3 Å². The Kier molecular flexibility index (Phi) is 11.1. The lowest BCUT2D eigenvalue weighted by atomic mass is 9.90. The van der Waals surface area contributed by atoms with Crippen molar-refractivity contribution in [2.75, 3.05) is 22.1 Å². The van der Waals surface area contributed by atoms with Gasteiger partial charge < -0.3 is 24.3 Å². The fraction of sp³-hybridized carbons (Fsp3) is 0.395. The van der Waals surface area contributed by atoms with Crippen molar-refractivity contribution < 1.29 is 4.79 Å². The first-order chi connectivity index (χ1) is 26.8. The van der Waals surface area contributed by atoms with Gasteiger partial charge in [-0.25, -0.2) is 9.97 Å². The molecular weight excluding hydrogens is 817 g/mol. The molecule has 0 saturated heterocycles. The fourth-order valence-corrected chi connectivity index (χ4v) is 9.01. The van der Waals surface area contributed by atoms with Gasteiger partial charge in [0.05, 0.1) is 0 Å². The van der Waals surface area contributed by atoms with Crippen molar-refractivity contribution in [2.45, 2.75) is 73.3 Å². The summed E-state index contributed by atoms with van der Waals surface area (Å²) >= 11 is 6.09. The van der Waals surface area contributed by atoms with Crippen molar-refractivity contribution in [2.24, 2.45) is 19.5 Å². The second-order valence-electron chi connectivity index (χ2n) is 14.5. The van der Waals surface area contributed by atoms with Gasteiger partial charge >= 0.3 is 0 Å². The summed E-state index contributed by atoms with van der Waals surface area (Å²) in [4.78, 5) is 49.1. The van der Waals surface area contributed by atoms with E-state index >= 15 is 0 Å². The number of aryl methyl sites for hydroxylation is 4. The normalized spacial score (nSPS) is 14.3. The van der Waals surface area contributed by atoms with Crippen molar-refractivity contribution in [1.82, 2.24) is 44.1 Å². The molecule has 18 heteroatoms.